The van der Waals surface area contributed by atoms with Gasteiger partial charge in [-0.05, 0) is 67.1 Å². The first-order chi connectivity index (χ1) is 19.8. The summed E-state index contributed by atoms with van der Waals surface area (Å²) < 4.78 is 49.2. The van der Waals surface area contributed by atoms with Crippen molar-refractivity contribution in [3.63, 3.8) is 0 Å². The summed E-state index contributed by atoms with van der Waals surface area (Å²) in [6, 6.07) is 18.8. The standard InChI is InChI=1S/C30H33F3N4O4/c31-30(32,33)23-7-11-25(12-8-23)41-26-13-9-24(10-14-26)35-29(39)36-27(21-22-5-2-1-3-6-22)28(38)34-15-4-16-37-17-19-40-20-18-37/h1-3,5-14,27H,4,15-21H2,(H,34,38)(H2,35,36,39)/t27-/m0/s1. The predicted octanol–water partition coefficient (Wildman–Crippen LogP) is 5.07. The van der Waals surface area contributed by atoms with Gasteiger partial charge in [0.1, 0.15) is 17.5 Å². The van der Waals surface area contributed by atoms with Gasteiger partial charge in [0.15, 0.2) is 0 Å². The van der Waals surface area contributed by atoms with Crippen molar-refractivity contribution in [2.24, 2.45) is 0 Å². The first kappa shape index (κ1) is 29.9. The second kappa shape index (κ2) is 14.5. The van der Waals surface area contributed by atoms with Crippen LogP contribution in [0.15, 0.2) is 78.9 Å². The Balaban J connectivity index is 1.29. The van der Waals surface area contributed by atoms with Crippen LogP contribution in [0.3, 0.4) is 0 Å². The molecule has 4 rings (SSSR count). The number of morpholine rings is 1. The summed E-state index contributed by atoms with van der Waals surface area (Å²) in [4.78, 5) is 28.1. The molecule has 3 aromatic rings. The lowest BCUT2D eigenvalue weighted by atomic mass is 10.1. The van der Waals surface area contributed by atoms with E-state index in [-0.39, 0.29) is 11.7 Å². The number of anilines is 1. The molecule has 1 aliphatic rings. The van der Waals surface area contributed by atoms with E-state index < -0.39 is 23.8 Å². The third kappa shape index (κ3) is 9.80. The molecule has 1 atom stereocenters. The van der Waals surface area contributed by atoms with Crippen molar-refractivity contribution in [3.8, 4) is 11.5 Å². The Morgan fingerprint density at radius 3 is 2.17 bits per heavy atom. The van der Waals surface area contributed by atoms with Crippen molar-refractivity contribution in [2.75, 3.05) is 44.7 Å². The van der Waals surface area contributed by atoms with Crippen LogP contribution >= 0.6 is 0 Å². The van der Waals surface area contributed by atoms with Crippen molar-refractivity contribution in [3.05, 3.63) is 90.0 Å². The first-order valence-electron chi connectivity index (χ1n) is 13.4. The van der Waals surface area contributed by atoms with Gasteiger partial charge in [-0.3, -0.25) is 9.69 Å². The number of ether oxygens (including phenoxy) is 2. The second-order valence-electron chi connectivity index (χ2n) is 9.59. The number of alkyl halides is 3. The molecule has 0 spiro atoms. The van der Waals surface area contributed by atoms with Crippen LogP contribution < -0.4 is 20.7 Å². The third-order valence-corrected chi connectivity index (χ3v) is 6.49. The number of nitrogens with zero attached hydrogens (tertiary/aromatic N) is 1. The van der Waals surface area contributed by atoms with E-state index in [9.17, 15) is 22.8 Å². The highest BCUT2D eigenvalue weighted by molar-refractivity contribution is 5.93. The van der Waals surface area contributed by atoms with Crippen molar-refractivity contribution in [2.45, 2.75) is 25.1 Å². The number of amides is 3. The van der Waals surface area contributed by atoms with E-state index in [1.54, 1.807) is 24.3 Å². The Morgan fingerprint density at radius 2 is 1.54 bits per heavy atom. The Kier molecular flexibility index (Phi) is 10.6. The van der Waals surface area contributed by atoms with Crippen LogP contribution in [0.2, 0.25) is 0 Å². The summed E-state index contributed by atoms with van der Waals surface area (Å²) in [5.74, 6) is 0.358. The Labute approximate surface area is 236 Å². The fourth-order valence-electron chi connectivity index (χ4n) is 4.30. The molecule has 1 heterocycles. The zero-order valence-corrected chi connectivity index (χ0v) is 22.5. The highest BCUT2D eigenvalue weighted by Gasteiger charge is 2.30. The van der Waals surface area contributed by atoms with E-state index in [0.717, 1.165) is 57.0 Å². The van der Waals surface area contributed by atoms with Gasteiger partial charge in [-0.15, -0.1) is 0 Å². The van der Waals surface area contributed by atoms with Crippen LogP contribution in [0.25, 0.3) is 0 Å². The molecule has 218 valence electrons. The molecule has 8 nitrogen and oxygen atoms in total. The molecular weight excluding hydrogens is 537 g/mol. The van der Waals surface area contributed by atoms with Gasteiger partial charge in [-0.2, -0.15) is 13.2 Å². The number of benzene rings is 3. The minimum Gasteiger partial charge on any atom is -0.457 e. The van der Waals surface area contributed by atoms with Gasteiger partial charge in [0, 0.05) is 31.7 Å². The lowest BCUT2D eigenvalue weighted by Gasteiger charge is -2.26. The van der Waals surface area contributed by atoms with E-state index in [0.29, 0.717) is 24.4 Å². The lowest BCUT2D eigenvalue weighted by Crippen LogP contribution is -2.49. The average molecular weight is 571 g/mol. The summed E-state index contributed by atoms with van der Waals surface area (Å²) >= 11 is 0. The minimum atomic E-state index is -4.42. The molecule has 0 radical (unpaired) electrons. The molecule has 1 saturated heterocycles. The second-order valence-corrected chi connectivity index (χ2v) is 9.59. The fourth-order valence-corrected chi connectivity index (χ4v) is 4.30. The van der Waals surface area contributed by atoms with Gasteiger partial charge in [-0.25, -0.2) is 4.79 Å². The van der Waals surface area contributed by atoms with E-state index in [1.807, 2.05) is 30.3 Å². The van der Waals surface area contributed by atoms with Crippen molar-refractivity contribution >= 4 is 17.6 Å². The number of rotatable bonds is 11. The fraction of sp³-hybridized carbons (Fsp3) is 0.333. The molecule has 0 aliphatic carbocycles. The SMILES string of the molecule is O=C(Nc1ccc(Oc2ccc(C(F)(F)F)cc2)cc1)N[C@@H](Cc1ccccc1)C(=O)NCCCN1CCOCC1. The quantitative estimate of drug-likeness (QED) is 0.280. The normalized spacial score (nSPS) is 14.6. The highest BCUT2D eigenvalue weighted by Crippen LogP contribution is 2.31. The maximum Gasteiger partial charge on any atom is 0.416 e. The summed E-state index contributed by atoms with van der Waals surface area (Å²) in [5.41, 5.74) is 0.598. The number of hydrogen-bond donors (Lipinski definition) is 3. The largest absolute Gasteiger partial charge is 0.457 e. The van der Waals surface area contributed by atoms with Gasteiger partial charge >= 0.3 is 12.2 Å². The van der Waals surface area contributed by atoms with Gasteiger partial charge in [0.05, 0.1) is 18.8 Å². The number of carbonyl (C=O) groups is 2. The van der Waals surface area contributed by atoms with Gasteiger partial charge in [-0.1, -0.05) is 30.3 Å². The van der Waals surface area contributed by atoms with Crippen LogP contribution in [0.5, 0.6) is 11.5 Å². The van der Waals surface area contributed by atoms with Crippen LogP contribution in [0.1, 0.15) is 17.5 Å². The van der Waals surface area contributed by atoms with E-state index in [1.165, 1.54) is 12.1 Å². The summed E-state index contributed by atoms with van der Waals surface area (Å²) in [5, 5.41) is 8.41. The van der Waals surface area contributed by atoms with Gasteiger partial charge < -0.3 is 25.4 Å². The predicted molar refractivity (Wildman–Crippen MR) is 149 cm³/mol. The Morgan fingerprint density at radius 1 is 0.902 bits per heavy atom. The van der Waals surface area contributed by atoms with E-state index in [2.05, 4.69) is 20.9 Å². The molecule has 1 fully saturated rings. The number of halogens is 3. The highest BCUT2D eigenvalue weighted by atomic mass is 19.4. The molecule has 0 unspecified atom stereocenters. The molecule has 41 heavy (non-hydrogen) atoms. The monoisotopic (exact) mass is 570 g/mol. The summed E-state index contributed by atoms with van der Waals surface area (Å²) in [6.07, 6.45) is -3.31. The van der Waals surface area contributed by atoms with Crippen molar-refractivity contribution in [1.29, 1.82) is 0 Å². The topological polar surface area (TPSA) is 91.9 Å². The molecule has 0 saturated carbocycles. The van der Waals surface area contributed by atoms with Crippen LogP contribution in [-0.4, -0.2) is 62.3 Å². The molecule has 0 aromatic heterocycles. The first-order valence-corrected chi connectivity index (χ1v) is 13.4. The summed E-state index contributed by atoms with van der Waals surface area (Å²) in [7, 11) is 0. The molecule has 3 aromatic carbocycles. The maximum absolute atomic E-state index is 13.0. The van der Waals surface area contributed by atoms with Gasteiger partial charge in [0.25, 0.3) is 0 Å². The minimum absolute atomic E-state index is 0.246. The number of urea groups is 1. The van der Waals surface area contributed by atoms with E-state index in [4.69, 9.17) is 9.47 Å². The zero-order valence-electron chi connectivity index (χ0n) is 22.5. The van der Waals surface area contributed by atoms with Crippen LogP contribution in [0.4, 0.5) is 23.7 Å². The molecule has 11 heteroatoms. The van der Waals surface area contributed by atoms with Crippen LogP contribution in [-0.2, 0) is 22.1 Å². The number of carbonyl (C=O) groups excluding carboxylic acids is 2. The van der Waals surface area contributed by atoms with Gasteiger partial charge in [0.2, 0.25) is 5.91 Å². The third-order valence-electron chi connectivity index (χ3n) is 6.49. The Hall–Kier alpha value is -4.09. The maximum atomic E-state index is 13.0. The van der Waals surface area contributed by atoms with Crippen molar-refractivity contribution in [1.82, 2.24) is 15.5 Å². The molecule has 1 aliphatic heterocycles. The zero-order chi connectivity index (χ0) is 29.1. The summed E-state index contributed by atoms with van der Waals surface area (Å²) in [6.45, 7) is 4.56. The average Bonchev–Trinajstić information content (AvgIpc) is 2.97. The molecule has 0 bridgehead atoms. The van der Waals surface area contributed by atoms with E-state index >= 15 is 0 Å². The Bertz CT molecular complexity index is 1250. The molecular formula is C30H33F3N4O4. The molecule has 3 N–H and O–H groups in total. The smallest absolute Gasteiger partial charge is 0.416 e. The molecule has 3 amide bonds. The number of nitrogens with one attached hydrogen (secondary N) is 3. The number of hydrogen-bond acceptors (Lipinski definition) is 5. The van der Waals surface area contributed by atoms with Crippen LogP contribution in [0, 0.1) is 0 Å². The lowest BCUT2D eigenvalue weighted by molar-refractivity contribution is -0.137. The van der Waals surface area contributed by atoms with Crippen molar-refractivity contribution < 1.29 is 32.2 Å².